The van der Waals surface area contributed by atoms with Crippen LogP contribution >= 0.6 is 0 Å². The molecule has 1 fully saturated rings. The molecule has 0 unspecified atom stereocenters. The Kier molecular flexibility index (Phi) is 4.52. The van der Waals surface area contributed by atoms with Crippen molar-refractivity contribution in [3.63, 3.8) is 0 Å². The monoisotopic (exact) mass is 287 g/mol. The minimum atomic E-state index is -4.33. The van der Waals surface area contributed by atoms with Crippen LogP contribution in [-0.2, 0) is 6.18 Å². The first kappa shape index (κ1) is 15.1. The number of hydrogen-bond acceptors (Lipinski definition) is 3. The van der Waals surface area contributed by atoms with Crippen LogP contribution in [0.2, 0.25) is 0 Å². The number of pyridine rings is 1. The Bertz CT molecular complexity index is 422. The summed E-state index contributed by atoms with van der Waals surface area (Å²) < 4.78 is 37.6. The molecule has 2 rings (SSSR count). The highest BCUT2D eigenvalue weighted by molar-refractivity contribution is 5.41. The van der Waals surface area contributed by atoms with Crippen molar-refractivity contribution in [1.29, 1.82) is 0 Å². The van der Waals surface area contributed by atoms with Crippen LogP contribution < -0.4 is 10.6 Å². The molecule has 1 aromatic rings. The number of nitrogens with two attached hydrogens (primary N) is 1. The van der Waals surface area contributed by atoms with Gasteiger partial charge in [-0.3, -0.25) is 0 Å². The Morgan fingerprint density at radius 3 is 2.35 bits per heavy atom. The molecule has 1 aliphatic carbocycles. The van der Waals surface area contributed by atoms with Gasteiger partial charge in [0.1, 0.15) is 5.82 Å². The van der Waals surface area contributed by atoms with Gasteiger partial charge in [-0.1, -0.05) is 0 Å². The molecule has 0 bridgehead atoms. The van der Waals surface area contributed by atoms with E-state index in [1.54, 1.807) is 0 Å². The molecule has 1 saturated carbocycles. The molecule has 1 aliphatic rings. The molecule has 2 N–H and O–H groups in total. The molecule has 6 heteroatoms. The van der Waals surface area contributed by atoms with Gasteiger partial charge in [-0.25, -0.2) is 4.98 Å². The van der Waals surface area contributed by atoms with Gasteiger partial charge in [-0.2, -0.15) is 13.2 Å². The predicted molar refractivity (Wildman–Crippen MR) is 72.5 cm³/mol. The van der Waals surface area contributed by atoms with Gasteiger partial charge in [0, 0.05) is 24.8 Å². The van der Waals surface area contributed by atoms with Crippen LogP contribution in [-0.4, -0.2) is 23.6 Å². The highest BCUT2D eigenvalue weighted by atomic mass is 19.4. The van der Waals surface area contributed by atoms with E-state index in [4.69, 9.17) is 5.73 Å². The summed E-state index contributed by atoms with van der Waals surface area (Å²) in [6.45, 7) is 2.73. The topological polar surface area (TPSA) is 42.2 Å². The van der Waals surface area contributed by atoms with Crippen molar-refractivity contribution in [2.45, 2.75) is 50.9 Å². The molecule has 0 spiro atoms. The Hall–Kier alpha value is -1.30. The fourth-order valence-corrected chi connectivity index (χ4v) is 2.74. The van der Waals surface area contributed by atoms with Gasteiger partial charge in [0.15, 0.2) is 0 Å². The van der Waals surface area contributed by atoms with E-state index in [0.717, 1.165) is 44.5 Å². The minimum absolute atomic E-state index is 0.255. The summed E-state index contributed by atoms with van der Waals surface area (Å²) in [6.07, 6.45) is 0.436. The highest BCUT2D eigenvalue weighted by Crippen LogP contribution is 2.31. The van der Waals surface area contributed by atoms with Gasteiger partial charge in [0.25, 0.3) is 0 Å². The Balaban J connectivity index is 2.11. The second-order valence-electron chi connectivity index (χ2n) is 5.26. The molecule has 0 amide bonds. The second kappa shape index (κ2) is 5.99. The zero-order valence-corrected chi connectivity index (χ0v) is 11.5. The standard InChI is InChI=1S/C14H20F3N3/c1-2-20(12-6-4-11(18)5-7-12)13-8-3-10(9-19-13)14(15,16)17/h3,8-9,11-12H,2,4-7,18H2,1H3. The van der Waals surface area contributed by atoms with E-state index in [1.165, 1.54) is 6.07 Å². The predicted octanol–water partition coefficient (Wildman–Crippen LogP) is 3.20. The SMILES string of the molecule is CCN(c1ccc(C(F)(F)F)cn1)C1CCC(N)CC1. The first-order valence-corrected chi connectivity index (χ1v) is 6.97. The fraction of sp³-hybridized carbons (Fsp3) is 0.643. The van der Waals surface area contributed by atoms with E-state index in [2.05, 4.69) is 9.88 Å². The Morgan fingerprint density at radius 1 is 1.25 bits per heavy atom. The average Bonchev–Trinajstić information content (AvgIpc) is 2.41. The lowest BCUT2D eigenvalue weighted by Crippen LogP contribution is -2.41. The summed E-state index contributed by atoms with van der Waals surface area (Å²) in [4.78, 5) is 6.06. The number of anilines is 1. The summed E-state index contributed by atoms with van der Waals surface area (Å²) in [7, 11) is 0. The van der Waals surface area contributed by atoms with Gasteiger partial charge in [-0.05, 0) is 44.7 Å². The largest absolute Gasteiger partial charge is 0.417 e. The second-order valence-corrected chi connectivity index (χ2v) is 5.26. The van der Waals surface area contributed by atoms with Gasteiger partial charge in [0.05, 0.1) is 5.56 Å². The molecule has 1 aromatic heterocycles. The zero-order valence-electron chi connectivity index (χ0n) is 11.5. The number of aromatic nitrogens is 1. The highest BCUT2D eigenvalue weighted by Gasteiger charge is 2.31. The maximum Gasteiger partial charge on any atom is 0.417 e. The number of rotatable bonds is 3. The smallest absolute Gasteiger partial charge is 0.354 e. The van der Waals surface area contributed by atoms with Crippen molar-refractivity contribution in [2.75, 3.05) is 11.4 Å². The lowest BCUT2D eigenvalue weighted by atomic mass is 9.90. The van der Waals surface area contributed by atoms with Crippen LogP contribution in [0.15, 0.2) is 18.3 Å². The van der Waals surface area contributed by atoms with E-state index in [-0.39, 0.29) is 6.04 Å². The summed E-state index contributed by atoms with van der Waals surface area (Å²) >= 11 is 0. The quantitative estimate of drug-likeness (QED) is 0.928. The lowest BCUT2D eigenvalue weighted by Gasteiger charge is -2.36. The van der Waals surface area contributed by atoms with Crippen LogP contribution in [0.4, 0.5) is 19.0 Å². The van der Waals surface area contributed by atoms with Crippen molar-refractivity contribution in [3.05, 3.63) is 23.9 Å². The van der Waals surface area contributed by atoms with Gasteiger partial charge in [-0.15, -0.1) is 0 Å². The third-order valence-electron chi connectivity index (χ3n) is 3.89. The summed E-state index contributed by atoms with van der Waals surface area (Å²) in [5.74, 6) is 0.612. The van der Waals surface area contributed by atoms with Gasteiger partial charge in [0.2, 0.25) is 0 Å². The third-order valence-corrected chi connectivity index (χ3v) is 3.89. The average molecular weight is 287 g/mol. The van der Waals surface area contributed by atoms with Crippen LogP contribution in [0.1, 0.15) is 38.2 Å². The van der Waals surface area contributed by atoms with E-state index in [1.807, 2.05) is 6.92 Å². The van der Waals surface area contributed by atoms with E-state index >= 15 is 0 Å². The maximum absolute atomic E-state index is 12.5. The third kappa shape index (κ3) is 3.42. The van der Waals surface area contributed by atoms with Crippen molar-refractivity contribution in [2.24, 2.45) is 5.73 Å². The first-order chi connectivity index (χ1) is 9.41. The van der Waals surface area contributed by atoms with E-state index in [0.29, 0.717) is 11.9 Å². The normalized spacial score (nSPS) is 23.6. The van der Waals surface area contributed by atoms with Gasteiger partial charge < -0.3 is 10.6 Å². The summed E-state index contributed by atoms with van der Waals surface area (Å²) in [5.41, 5.74) is 5.18. The number of halogens is 3. The molecule has 1 heterocycles. The molecule has 0 saturated heterocycles. The molecule has 112 valence electrons. The molecular formula is C14H20F3N3. The number of hydrogen-bond donors (Lipinski definition) is 1. The van der Waals surface area contributed by atoms with Crippen molar-refractivity contribution in [1.82, 2.24) is 4.98 Å². The van der Waals surface area contributed by atoms with E-state index in [9.17, 15) is 13.2 Å². The maximum atomic E-state index is 12.5. The lowest BCUT2D eigenvalue weighted by molar-refractivity contribution is -0.137. The fourth-order valence-electron chi connectivity index (χ4n) is 2.74. The van der Waals surface area contributed by atoms with Crippen LogP contribution in [0, 0.1) is 0 Å². The number of alkyl halides is 3. The van der Waals surface area contributed by atoms with Crippen LogP contribution in [0.25, 0.3) is 0 Å². The minimum Gasteiger partial charge on any atom is -0.354 e. The van der Waals surface area contributed by atoms with Crippen molar-refractivity contribution >= 4 is 5.82 Å². The van der Waals surface area contributed by atoms with Crippen LogP contribution in [0.3, 0.4) is 0 Å². The molecule has 0 aliphatic heterocycles. The number of nitrogens with zero attached hydrogens (tertiary/aromatic N) is 2. The first-order valence-electron chi connectivity index (χ1n) is 6.97. The molecular weight excluding hydrogens is 267 g/mol. The zero-order chi connectivity index (χ0) is 14.8. The summed E-state index contributed by atoms with van der Waals surface area (Å²) in [5, 5.41) is 0. The molecule has 3 nitrogen and oxygen atoms in total. The molecule has 0 atom stereocenters. The van der Waals surface area contributed by atoms with E-state index < -0.39 is 11.7 Å². The van der Waals surface area contributed by atoms with Crippen molar-refractivity contribution < 1.29 is 13.2 Å². The Morgan fingerprint density at radius 2 is 1.90 bits per heavy atom. The molecule has 20 heavy (non-hydrogen) atoms. The Labute approximate surface area is 117 Å². The van der Waals surface area contributed by atoms with Crippen LogP contribution in [0.5, 0.6) is 0 Å². The summed E-state index contributed by atoms with van der Waals surface area (Å²) in [6, 6.07) is 3.13. The molecule has 0 radical (unpaired) electrons. The van der Waals surface area contributed by atoms with Gasteiger partial charge >= 0.3 is 6.18 Å². The van der Waals surface area contributed by atoms with Crippen molar-refractivity contribution in [3.8, 4) is 0 Å². The molecule has 0 aromatic carbocycles.